The van der Waals surface area contributed by atoms with Gasteiger partial charge in [-0.2, -0.15) is 0 Å². The van der Waals surface area contributed by atoms with Crippen molar-refractivity contribution >= 4 is 0 Å². The minimum absolute atomic E-state index is 0.460. The van der Waals surface area contributed by atoms with E-state index in [0.29, 0.717) is 6.04 Å². The second-order valence-electron chi connectivity index (χ2n) is 6.12. The zero-order valence-corrected chi connectivity index (χ0v) is 14.7. The van der Waals surface area contributed by atoms with Gasteiger partial charge in [-0.1, -0.05) is 63.4 Å². The SMILES string of the molecule is CCC(CC)CN(CC)CCC(NC)c1ccc(C)cc1. The molecular weight excluding hydrogens is 256 g/mol. The summed E-state index contributed by atoms with van der Waals surface area (Å²) in [5, 5.41) is 3.47. The lowest BCUT2D eigenvalue weighted by Crippen LogP contribution is -2.32. The van der Waals surface area contributed by atoms with Crippen molar-refractivity contribution in [3.8, 4) is 0 Å². The summed E-state index contributed by atoms with van der Waals surface area (Å²) in [6, 6.07) is 9.39. The number of nitrogens with zero attached hydrogens (tertiary/aromatic N) is 1. The van der Waals surface area contributed by atoms with E-state index in [9.17, 15) is 0 Å². The molecule has 1 unspecified atom stereocenters. The van der Waals surface area contributed by atoms with Crippen LogP contribution >= 0.6 is 0 Å². The van der Waals surface area contributed by atoms with Crippen LogP contribution in [0.1, 0.15) is 57.2 Å². The van der Waals surface area contributed by atoms with Crippen molar-refractivity contribution in [2.75, 3.05) is 26.7 Å². The van der Waals surface area contributed by atoms with Gasteiger partial charge in [0.2, 0.25) is 0 Å². The third-order valence-electron chi connectivity index (χ3n) is 4.68. The van der Waals surface area contributed by atoms with Gasteiger partial charge in [-0.15, -0.1) is 0 Å². The summed E-state index contributed by atoms with van der Waals surface area (Å²) in [6.45, 7) is 12.6. The van der Waals surface area contributed by atoms with Gasteiger partial charge in [-0.3, -0.25) is 0 Å². The molecule has 2 heteroatoms. The zero-order valence-electron chi connectivity index (χ0n) is 14.7. The Morgan fingerprint density at radius 1 is 1.05 bits per heavy atom. The largest absolute Gasteiger partial charge is 0.313 e. The van der Waals surface area contributed by atoms with Gasteiger partial charge in [-0.25, -0.2) is 0 Å². The lowest BCUT2D eigenvalue weighted by Gasteiger charge is -2.27. The summed E-state index contributed by atoms with van der Waals surface area (Å²) in [5.41, 5.74) is 2.74. The zero-order chi connectivity index (χ0) is 15.7. The molecule has 0 saturated heterocycles. The molecule has 1 rings (SSSR count). The number of aryl methyl sites for hydroxylation is 1. The van der Waals surface area contributed by atoms with E-state index in [-0.39, 0.29) is 0 Å². The fourth-order valence-corrected chi connectivity index (χ4v) is 2.88. The molecule has 0 aliphatic rings. The first kappa shape index (κ1) is 18.2. The maximum absolute atomic E-state index is 3.47. The minimum atomic E-state index is 0.460. The highest BCUT2D eigenvalue weighted by atomic mass is 15.1. The van der Waals surface area contributed by atoms with Gasteiger partial charge in [0.25, 0.3) is 0 Å². The Morgan fingerprint density at radius 2 is 1.67 bits per heavy atom. The molecule has 1 atom stereocenters. The Hall–Kier alpha value is -0.860. The first-order valence-electron chi connectivity index (χ1n) is 8.60. The van der Waals surface area contributed by atoms with Gasteiger partial charge >= 0.3 is 0 Å². The van der Waals surface area contributed by atoms with Crippen molar-refractivity contribution in [3.05, 3.63) is 35.4 Å². The summed E-state index contributed by atoms with van der Waals surface area (Å²) in [5.74, 6) is 0.845. The Bertz CT molecular complexity index is 368. The molecule has 120 valence electrons. The molecule has 0 radical (unpaired) electrons. The summed E-state index contributed by atoms with van der Waals surface area (Å²) in [4.78, 5) is 2.61. The molecule has 0 aliphatic heterocycles. The van der Waals surface area contributed by atoms with Crippen molar-refractivity contribution in [2.45, 2.75) is 53.0 Å². The fourth-order valence-electron chi connectivity index (χ4n) is 2.88. The van der Waals surface area contributed by atoms with Gasteiger partial charge < -0.3 is 10.2 Å². The Balaban J connectivity index is 2.54. The maximum atomic E-state index is 3.47. The highest BCUT2D eigenvalue weighted by Gasteiger charge is 2.13. The molecule has 1 aromatic rings. The minimum Gasteiger partial charge on any atom is -0.313 e. The van der Waals surface area contributed by atoms with Crippen LogP contribution in [0.15, 0.2) is 24.3 Å². The van der Waals surface area contributed by atoms with Gasteiger partial charge in [0.1, 0.15) is 0 Å². The predicted octanol–water partition coefficient (Wildman–Crippen LogP) is 4.40. The third kappa shape index (κ3) is 6.19. The quantitative estimate of drug-likeness (QED) is 0.687. The van der Waals surface area contributed by atoms with Gasteiger partial charge in [0.15, 0.2) is 0 Å². The Labute approximate surface area is 131 Å². The van der Waals surface area contributed by atoms with E-state index in [1.807, 2.05) is 0 Å². The van der Waals surface area contributed by atoms with E-state index in [1.54, 1.807) is 0 Å². The van der Waals surface area contributed by atoms with Crippen molar-refractivity contribution in [3.63, 3.8) is 0 Å². The average Bonchev–Trinajstić information content (AvgIpc) is 2.52. The first-order valence-corrected chi connectivity index (χ1v) is 8.60. The van der Waals surface area contributed by atoms with Crippen LogP contribution in [0.3, 0.4) is 0 Å². The maximum Gasteiger partial charge on any atom is 0.0329 e. The van der Waals surface area contributed by atoms with Crippen LogP contribution in [0.5, 0.6) is 0 Å². The molecular formula is C19H34N2. The van der Waals surface area contributed by atoms with Crippen molar-refractivity contribution in [1.82, 2.24) is 10.2 Å². The van der Waals surface area contributed by atoms with Crippen LogP contribution in [0, 0.1) is 12.8 Å². The van der Waals surface area contributed by atoms with Gasteiger partial charge in [0.05, 0.1) is 0 Å². The fraction of sp³-hybridized carbons (Fsp3) is 0.684. The lowest BCUT2D eigenvalue weighted by atomic mass is 10.0. The molecule has 0 spiro atoms. The standard InChI is InChI=1S/C19H34N2/c1-6-17(7-2)15-21(8-3)14-13-19(20-5)18-11-9-16(4)10-12-18/h9-12,17,19-20H,6-8,13-15H2,1-5H3. The first-order chi connectivity index (χ1) is 10.1. The molecule has 0 aromatic heterocycles. The van der Waals surface area contributed by atoms with Crippen molar-refractivity contribution < 1.29 is 0 Å². The molecule has 0 saturated carbocycles. The van der Waals surface area contributed by atoms with Crippen LogP contribution in [0.25, 0.3) is 0 Å². The summed E-state index contributed by atoms with van der Waals surface area (Å²) in [6.07, 6.45) is 3.76. The van der Waals surface area contributed by atoms with Crippen LogP contribution < -0.4 is 5.32 Å². The highest BCUT2D eigenvalue weighted by Crippen LogP contribution is 2.18. The van der Waals surface area contributed by atoms with Crippen molar-refractivity contribution in [1.29, 1.82) is 0 Å². The predicted molar refractivity (Wildman–Crippen MR) is 93.8 cm³/mol. The van der Waals surface area contributed by atoms with E-state index in [1.165, 1.54) is 43.5 Å². The molecule has 0 aliphatic carbocycles. The van der Waals surface area contributed by atoms with Crippen LogP contribution in [0.4, 0.5) is 0 Å². The molecule has 0 fully saturated rings. The molecule has 1 aromatic carbocycles. The molecule has 1 N–H and O–H groups in total. The second-order valence-corrected chi connectivity index (χ2v) is 6.12. The van der Waals surface area contributed by atoms with E-state index >= 15 is 0 Å². The van der Waals surface area contributed by atoms with Crippen LogP contribution in [-0.4, -0.2) is 31.6 Å². The number of hydrogen-bond acceptors (Lipinski definition) is 2. The topological polar surface area (TPSA) is 15.3 Å². The lowest BCUT2D eigenvalue weighted by molar-refractivity contribution is 0.223. The summed E-state index contributed by atoms with van der Waals surface area (Å²) < 4.78 is 0. The molecule has 0 bridgehead atoms. The number of hydrogen-bond donors (Lipinski definition) is 1. The van der Waals surface area contributed by atoms with Crippen molar-refractivity contribution in [2.24, 2.45) is 5.92 Å². The Kier molecular flexibility index (Phi) is 8.63. The number of rotatable bonds is 10. The molecule has 0 amide bonds. The van der Waals surface area contributed by atoms with E-state index in [4.69, 9.17) is 0 Å². The highest BCUT2D eigenvalue weighted by molar-refractivity contribution is 5.24. The Morgan fingerprint density at radius 3 is 2.14 bits per heavy atom. The van der Waals surface area contributed by atoms with Gasteiger partial charge in [-0.05, 0) is 45.0 Å². The molecule has 0 heterocycles. The van der Waals surface area contributed by atoms with Crippen LogP contribution in [-0.2, 0) is 0 Å². The summed E-state index contributed by atoms with van der Waals surface area (Å²) >= 11 is 0. The number of benzene rings is 1. The van der Waals surface area contributed by atoms with Gasteiger partial charge in [0, 0.05) is 12.6 Å². The average molecular weight is 290 g/mol. The van der Waals surface area contributed by atoms with E-state index < -0.39 is 0 Å². The summed E-state index contributed by atoms with van der Waals surface area (Å²) in [7, 11) is 2.07. The molecule has 21 heavy (non-hydrogen) atoms. The third-order valence-corrected chi connectivity index (χ3v) is 4.68. The second kappa shape index (κ2) is 9.97. The monoisotopic (exact) mass is 290 g/mol. The molecule has 2 nitrogen and oxygen atoms in total. The smallest absolute Gasteiger partial charge is 0.0329 e. The normalized spacial score (nSPS) is 13.1. The number of nitrogens with one attached hydrogen (secondary N) is 1. The van der Waals surface area contributed by atoms with E-state index in [0.717, 1.165) is 12.5 Å². The van der Waals surface area contributed by atoms with E-state index in [2.05, 4.69) is 69.2 Å². The van der Waals surface area contributed by atoms with Crippen LogP contribution in [0.2, 0.25) is 0 Å².